The van der Waals surface area contributed by atoms with Crippen LogP contribution in [0.25, 0.3) is 11.3 Å². The van der Waals surface area contributed by atoms with E-state index in [0.717, 1.165) is 22.5 Å². The molecule has 1 amide bonds. The largest absolute Gasteiger partial charge is 0.487 e. The zero-order chi connectivity index (χ0) is 21.8. The van der Waals surface area contributed by atoms with Crippen molar-refractivity contribution < 1.29 is 14.3 Å². The number of amides is 1. The third kappa shape index (κ3) is 3.61. The molecule has 1 N–H and O–H groups in total. The Hall–Kier alpha value is -3.12. The summed E-state index contributed by atoms with van der Waals surface area (Å²) in [5, 5.41) is 8.25. The van der Waals surface area contributed by atoms with Gasteiger partial charge in [0.25, 0.3) is 5.91 Å². The van der Waals surface area contributed by atoms with Gasteiger partial charge in [-0.3, -0.25) is 14.7 Å². The van der Waals surface area contributed by atoms with Gasteiger partial charge in [-0.2, -0.15) is 5.10 Å². The summed E-state index contributed by atoms with van der Waals surface area (Å²) in [6.07, 6.45) is 0.993. The van der Waals surface area contributed by atoms with Gasteiger partial charge in [0.1, 0.15) is 11.4 Å². The van der Waals surface area contributed by atoms with E-state index in [1.54, 1.807) is 23.1 Å². The third-order valence-electron chi connectivity index (χ3n) is 5.84. The number of aromatic nitrogens is 2. The average molecular weight is 436 g/mol. The Bertz CT molecular complexity index is 1200. The molecule has 2 aliphatic heterocycles. The van der Waals surface area contributed by atoms with Crippen LogP contribution in [0, 0.1) is 0 Å². The molecule has 2 aromatic carbocycles. The summed E-state index contributed by atoms with van der Waals surface area (Å²) in [6, 6.07) is 12.6. The molecule has 3 heterocycles. The van der Waals surface area contributed by atoms with Gasteiger partial charge in [0.15, 0.2) is 5.78 Å². The normalized spacial score (nSPS) is 17.0. The topological polar surface area (TPSA) is 75.3 Å². The maximum Gasteiger partial charge on any atom is 0.254 e. The maximum absolute atomic E-state index is 13.3. The summed E-state index contributed by atoms with van der Waals surface area (Å²) < 4.78 is 5.91. The van der Waals surface area contributed by atoms with Gasteiger partial charge in [-0.1, -0.05) is 23.7 Å². The Morgan fingerprint density at radius 1 is 1.19 bits per heavy atom. The number of rotatable bonds is 2. The molecule has 0 aliphatic carbocycles. The second-order valence-corrected chi connectivity index (χ2v) is 9.12. The second-order valence-electron chi connectivity index (χ2n) is 8.69. The number of carbonyl (C=O) groups is 2. The number of nitrogens with one attached hydrogen (secondary N) is 1. The minimum atomic E-state index is -0.530. The third-order valence-corrected chi connectivity index (χ3v) is 6.09. The van der Waals surface area contributed by atoms with Crippen molar-refractivity contribution in [1.82, 2.24) is 15.1 Å². The van der Waals surface area contributed by atoms with Crippen molar-refractivity contribution in [2.45, 2.75) is 38.8 Å². The number of carbonyl (C=O) groups excluding carboxylic acids is 2. The Morgan fingerprint density at radius 2 is 1.97 bits per heavy atom. The molecule has 0 spiro atoms. The molecule has 0 saturated heterocycles. The number of aromatic amines is 1. The van der Waals surface area contributed by atoms with Crippen LogP contribution in [0.1, 0.15) is 52.2 Å². The lowest BCUT2D eigenvalue weighted by Gasteiger charge is -2.32. The highest BCUT2D eigenvalue weighted by Crippen LogP contribution is 2.34. The fourth-order valence-corrected chi connectivity index (χ4v) is 4.41. The van der Waals surface area contributed by atoms with Crippen molar-refractivity contribution in [3.8, 4) is 17.0 Å². The molecule has 3 aromatic rings. The van der Waals surface area contributed by atoms with Crippen LogP contribution in [0.4, 0.5) is 0 Å². The van der Waals surface area contributed by atoms with Crippen molar-refractivity contribution in [3.63, 3.8) is 0 Å². The Kier molecular flexibility index (Phi) is 4.63. The van der Waals surface area contributed by atoms with Crippen LogP contribution in [0.5, 0.6) is 5.75 Å². The van der Waals surface area contributed by atoms with Gasteiger partial charge in [0.05, 0.1) is 17.7 Å². The Labute approximate surface area is 185 Å². The molecule has 2 aliphatic rings. The van der Waals surface area contributed by atoms with Gasteiger partial charge >= 0.3 is 0 Å². The SMILES string of the molecule is CC1(C)CC(=O)c2cc(C(=O)N3CCc4[nH]nc(-c5ccc(Cl)cc5)c4C3)ccc2O1. The molecule has 1 aromatic heterocycles. The quantitative estimate of drug-likeness (QED) is 0.634. The lowest BCUT2D eigenvalue weighted by atomic mass is 9.92. The molecular formula is C24H22ClN3O3. The monoisotopic (exact) mass is 435 g/mol. The van der Waals surface area contributed by atoms with E-state index in [9.17, 15) is 9.59 Å². The van der Waals surface area contributed by atoms with Crippen LogP contribution in [-0.2, 0) is 13.0 Å². The minimum Gasteiger partial charge on any atom is -0.487 e. The van der Waals surface area contributed by atoms with Gasteiger partial charge in [0.2, 0.25) is 0 Å². The summed E-state index contributed by atoms with van der Waals surface area (Å²) in [5.74, 6) is 0.439. The number of Topliss-reactive ketones (excluding diaryl/α,β-unsaturated/α-hetero) is 1. The first kappa shape index (κ1) is 19.8. The molecule has 6 nitrogen and oxygen atoms in total. The molecule has 7 heteroatoms. The molecule has 158 valence electrons. The summed E-state index contributed by atoms with van der Waals surface area (Å²) in [7, 11) is 0. The predicted molar refractivity (Wildman–Crippen MR) is 118 cm³/mol. The van der Waals surface area contributed by atoms with Crippen molar-refractivity contribution in [3.05, 3.63) is 69.9 Å². The average Bonchev–Trinajstić information content (AvgIpc) is 3.16. The Morgan fingerprint density at radius 3 is 2.74 bits per heavy atom. The van der Waals surface area contributed by atoms with E-state index < -0.39 is 5.60 Å². The van der Waals surface area contributed by atoms with E-state index in [2.05, 4.69) is 10.2 Å². The van der Waals surface area contributed by atoms with Gasteiger partial charge in [0, 0.05) is 46.9 Å². The van der Waals surface area contributed by atoms with Gasteiger partial charge in [-0.15, -0.1) is 0 Å². The number of H-pyrrole nitrogens is 1. The van der Waals surface area contributed by atoms with Crippen molar-refractivity contribution >= 4 is 23.3 Å². The lowest BCUT2D eigenvalue weighted by Crippen LogP contribution is -2.37. The number of hydrogen-bond acceptors (Lipinski definition) is 4. The highest BCUT2D eigenvalue weighted by molar-refractivity contribution is 6.30. The number of fused-ring (bicyclic) bond motifs is 2. The summed E-state index contributed by atoms with van der Waals surface area (Å²) in [4.78, 5) is 27.7. The van der Waals surface area contributed by atoms with Crippen LogP contribution < -0.4 is 4.74 Å². The minimum absolute atomic E-state index is 0.00156. The van der Waals surface area contributed by atoms with Crippen LogP contribution in [0.2, 0.25) is 5.02 Å². The summed E-state index contributed by atoms with van der Waals surface area (Å²) in [6.45, 7) is 4.82. The van der Waals surface area contributed by atoms with Gasteiger partial charge in [-0.05, 0) is 44.2 Å². The van der Waals surface area contributed by atoms with E-state index in [1.165, 1.54) is 0 Å². The molecule has 0 atom stereocenters. The number of halogens is 1. The number of benzene rings is 2. The number of hydrogen-bond donors (Lipinski definition) is 1. The zero-order valence-electron chi connectivity index (χ0n) is 17.4. The smallest absolute Gasteiger partial charge is 0.254 e. The highest BCUT2D eigenvalue weighted by Gasteiger charge is 2.33. The molecular weight excluding hydrogens is 414 g/mol. The first-order valence-corrected chi connectivity index (χ1v) is 10.7. The molecule has 0 unspecified atom stereocenters. The van der Waals surface area contributed by atoms with E-state index in [1.807, 2.05) is 38.1 Å². The van der Waals surface area contributed by atoms with E-state index in [-0.39, 0.29) is 11.7 Å². The van der Waals surface area contributed by atoms with Crippen molar-refractivity contribution in [2.75, 3.05) is 6.54 Å². The molecule has 0 radical (unpaired) electrons. The van der Waals surface area contributed by atoms with E-state index >= 15 is 0 Å². The molecule has 0 bridgehead atoms. The molecule has 0 fully saturated rings. The standard InChI is InChI=1S/C24H22ClN3O3/c1-24(2)12-20(29)17-11-15(5-8-21(17)31-24)23(30)28-10-9-19-18(13-28)22(27-26-19)14-3-6-16(25)7-4-14/h3-8,11H,9-10,12-13H2,1-2H3,(H,26,27). The van der Waals surface area contributed by atoms with E-state index in [4.69, 9.17) is 16.3 Å². The summed E-state index contributed by atoms with van der Waals surface area (Å²) in [5.41, 5.74) is 4.29. The number of ketones is 1. The molecule has 5 rings (SSSR count). The fourth-order valence-electron chi connectivity index (χ4n) is 4.28. The lowest BCUT2D eigenvalue weighted by molar-refractivity contribution is 0.0619. The predicted octanol–water partition coefficient (Wildman–Crippen LogP) is 4.67. The fraction of sp³-hybridized carbons (Fsp3) is 0.292. The second kappa shape index (κ2) is 7.24. The summed E-state index contributed by atoms with van der Waals surface area (Å²) >= 11 is 6.01. The highest BCUT2D eigenvalue weighted by atomic mass is 35.5. The molecule has 31 heavy (non-hydrogen) atoms. The van der Waals surface area contributed by atoms with Crippen LogP contribution >= 0.6 is 11.6 Å². The first-order valence-electron chi connectivity index (χ1n) is 10.3. The maximum atomic E-state index is 13.3. The van der Waals surface area contributed by atoms with Crippen LogP contribution in [0.15, 0.2) is 42.5 Å². The van der Waals surface area contributed by atoms with Gasteiger partial charge in [-0.25, -0.2) is 0 Å². The number of nitrogens with zero attached hydrogens (tertiary/aromatic N) is 2. The number of ether oxygens (including phenoxy) is 1. The van der Waals surface area contributed by atoms with Crippen LogP contribution in [0.3, 0.4) is 0 Å². The molecule has 0 saturated carbocycles. The zero-order valence-corrected chi connectivity index (χ0v) is 18.1. The van der Waals surface area contributed by atoms with Crippen LogP contribution in [-0.4, -0.2) is 38.9 Å². The first-order chi connectivity index (χ1) is 14.8. The van der Waals surface area contributed by atoms with Crippen molar-refractivity contribution in [2.24, 2.45) is 0 Å². The Balaban J connectivity index is 1.42. The van der Waals surface area contributed by atoms with Gasteiger partial charge < -0.3 is 9.64 Å². The van der Waals surface area contributed by atoms with E-state index in [0.29, 0.717) is 47.8 Å². The van der Waals surface area contributed by atoms with Crippen molar-refractivity contribution in [1.29, 1.82) is 0 Å².